The predicted octanol–water partition coefficient (Wildman–Crippen LogP) is 4.80. The van der Waals surface area contributed by atoms with Gasteiger partial charge in [-0.1, -0.05) is 50.2 Å². The molecule has 0 aliphatic heterocycles. The first-order valence-corrected chi connectivity index (χ1v) is 9.91. The quantitative estimate of drug-likeness (QED) is 0.772. The van der Waals surface area contributed by atoms with Gasteiger partial charge in [-0.15, -0.1) is 0 Å². The van der Waals surface area contributed by atoms with Crippen molar-refractivity contribution < 1.29 is 14.3 Å². The largest absolute Gasteiger partial charge is 0.468 e. The van der Waals surface area contributed by atoms with E-state index in [4.69, 9.17) is 0 Å². The fourth-order valence-corrected chi connectivity index (χ4v) is 3.30. The second-order valence-corrected chi connectivity index (χ2v) is 6.94. The zero-order valence-electron chi connectivity index (χ0n) is 18.0. The molecule has 1 amide bonds. The highest BCUT2D eigenvalue weighted by molar-refractivity contribution is 5.96. The molecule has 0 bridgehead atoms. The number of amides is 1. The van der Waals surface area contributed by atoms with Gasteiger partial charge >= 0.3 is 0 Å². The van der Waals surface area contributed by atoms with E-state index in [0.717, 1.165) is 29.5 Å². The first-order valence-electron chi connectivity index (χ1n) is 9.91. The molecule has 0 heterocycles. The van der Waals surface area contributed by atoms with Crippen molar-refractivity contribution in [1.82, 2.24) is 5.32 Å². The molecule has 0 unspecified atom stereocenters. The van der Waals surface area contributed by atoms with Crippen LogP contribution in [0.5, 0.6) is 0 Å². The molecule has 152 valence electrons. The number of hydrogen-bond donors (Lipinski definition) is 1. The molecule has 28 heavy (non-hydrogen) atoms. The lowest BCUT2D eigenvalue weighted by Crippen LogP contribution is -2.47. The Morgan fingerprint density at radius 3 is 2.11 bits per heavy atom. The third kappa shape index (κ3) is 6.22. The molecule has 0 atom stereocenters. The molecule has 0 fully saturated rings. The minimum Gasteiger partial charge on any atom is -0.468 e. The molecule has 1 aliphatic carbocycles. The molecular weight excluding hydrogens is 350 g/mol. The first kappa shape index (κ1) is 23.4. The lowest BCUT2D eigenvalue weighted by Gasteiger charge is -2.26. The van der Waals surface area contributed by atoms with Crippen LogP contribution in [0, 0.1) is 13.8 Å². The summed E-state index contributed by atoms with van der Waals surface area (Å²) in [6, 6.07) is 14.3. The number of benzene rings is 2. The van der Waals surface area contributed by atoms with Crippen LogP contribution in [-0.2, 0) is 22.4 Å². The molecule has 3 rings (SSSR count). The summed E-state index contributed by atoms with van der Waals surface area (Å²) in [7, 11) is 0. The Balaban J connectivity index is 0.000000490. The number of fused-ring (bicyclic) bond motifs is 1. The third-order valence-electron chi connectivity index (χ3n) is 4.78. The van der Waals surface area contributed by atoms with Crippen LogP contribution in [0.15, 0.2) is 42.5 Å². The number of carbonyl (C=O) groups excluding carboxylic acids is 2. The summed E-state index contributed by atoms with van der Waals surface area (Å²) in [6.45, 7) is 12.9. The summed E-state index contributed by atoms with van der Waals surface area (Å²) in [4.78, 5) is 21.8. The van der Waals surface area contributed by atoms with Crippen molar-refractivity contribution in [2.45, 2.75) is 59.9 Å². The van der Waals surface area contributed by atoms with Crippen LogP contribution in [0.4, 0.5) is 0 Å². The smallest absolute Gasteiger partial charge is 0.293 e. The maximum absolute atomic E-state index is 12.6. The number of nitrogens with one attached hydrogen (secondary N) is 1. The van der Waals surface area contributed by atoms with Crippen LogP contribution >= 0.6 is 0 Å². The summed E-state index contributed by atoms with van der Waals surface area (Å²) in [6.07, 6.45) is 1.81. The SMILES string of the molecule is CC.CCOC=O.Cc1cccc(C(=O)NC2(C)Cc3ccccc3C2)c1C. The molecular formula is C24H33NO3. The maximum Gasteiger partial charge on any atom is 0.293 e. The van der Waals surface area contributed by atoms with Gasteiger partial charge in [-0.25, -0.2) is 0 Å². The second-order valence-electron chi connectivity index (χ2n) is 6.94. The fraction of sp³-hybridized carbons (Fsp3) is 0.417. The summed E-state index contributed by atoms with van der Waals surface area (Å²) < 4.78 is 4.15. The van der Waals surface area contributed by atoms with Crippen molar-refractivity contribution in [3.63, 3.8) is 0 Å². The molecule has 0 saturated carbocycles. The summed E-state index contributed by atoms with van der Waals surface area (Å²) in [5.74, 6) is 0.0338. The van der Waals surface area contributed by atoms with Gasteiger partial charge in [0.2, 0.25) is 0 Å². The van der Waals surface area contributed by atoms with Gasteiger partial charge in [0.15, 0.2) is 0 Å². The highest BCUT2D eigenvalue weighted by Crippen LogP contribution is 2.30. The normalized spacial score (nSPS) is 13.1. The van der Waals surface area contributed by atoms with Crippen LogP contribution in [-0.4, -0.2) is 24.5 Å². The van der Waals surface area contributed by atoms with E-state index in [1.165, 1.54) is 11.1 Å². The van der Waals surface area contributed by atoms with Gasteiger partial charge in [-0.2, -0.15) is 0 Å². The van der Waals surface area contributed by atoms with E-state index >= 15 is 0 Å². The number of ether oxygens (including phenoxy) is 1. The van der Waals surface area contributed by atoms with E-state index in [0.29, 0.717) is 13.1 Å². The third-order valence-corrected chi connectivity index (χ3v) is 4.78. The minimum absolute atomic E-state index is 0.0338. The van der Waals surface area contributed by atoms with Gasteiger partial charge < -0.3 is 10.1 Å². The van der Waals surface area contributed by atoms with Crippen molar-refractivity contribution in [1.29, 1.82) is 0 Å². The Labute approximate surface area is 169 Å². The van der Waals surface area contributed by atoms with Crippen LogP contribution < -0.4 is 5.32 Å². The number of aryl methyl sites for hydroxylation is 1. The van der Waals surface area contributed by atoms with Gasteiger partial charge in [0.1, 0.15) is 0 Å². The molecule has 0 spiro atoms. The standard InChI is InChI=1S/C19H21NO.C3H6O2.C2H6/c1-13-7-6-10-17(14(13)2)18(21)20-19(3)11-15-8-4-5-9-16(15)12-19;1-2-5-3-4;1-2/h4-10H,11-12H2,1-3H3,(H,20,21);3H,2H2,1H3;1-2H3. The van der Waals surface area contributed by atoms with Crippen LogP contribution in [0.1, 0.15) is 60.3 Å². The van der Waals surface area contributed by atoms with Crippen LogP contribution in [0.25, 0.3) is 0 Å². The zero-order valence-corrected chi connectivity index (χ0v) is 18.0. The highest BCUT2D eigenvalue weighted by atomic mass is 16.5. The Hall–Kier alpha value is -2.62. The zero-order chi connectivity index (χ0) is 21.2. The highest BCUT2D eigenvalue weighted by Gasteiger charge is 2.34. The van der Waals surface area contributed by atoms with Crippen LogP contribution in [0.3, 0.4) is 0 Å². The molecule has 0 saturated heterocycles. The van der Waals surface area contributed by atoms with E-state index in [1.54, 1.807) is 6.92 Å². The number of rotatable bonds is 4. The molecule has 0 aromatic heterocycles. The van der Waals surface area contributed by atoms with E-state index in [-0.39, 0.29) is 11.4 Å². The fourth-order valence-electron chi connectivity index (χ4n) is 3.30. The average Bonchev–Trinajstić information content (AvgIpc) is 3.02. The van der Waals surface area contributed by atoms with Gasteiger partial charge in [0.25, 0.3) is 12.4 Å². The van der Waals surface area contributed by atoms with E-state index < -0.39 is 0 Å². The molecule has 0 radical (unpaired) electrons. The van der Waals surface area contributed by atoms with Crippen molar-refractivity contribution in [3.8, 4) is 0 Å². The molecule has 4 nitrogen and oxygen atoms in total. The van der Waals surface area contributed by atoms with E-state index in [9.17, 15) is 9.59 Å². The lowest BCUT2D eigenvalue weighted by atomic mass is 9.96. The minimum atomic E-state index is -0.184. The molecule has 1 N–H and O–H groups in total. The lowest BCUT2D eigenvalue weighted by molar-refractivity contribution is -0.128. The summed E-state index contributed by atoms with van der Waals surface area (Å²) in [5, 5.41) is 3.25. The Bertz CT molecular complexity index is 758. The number of carbonyl (C=O) groups is 2. The molecule has 2 aromatic carbocycles. The van der Waals surface area contributed by atoms with Crippen molar-refractivity contribution >= 4 is 12.4 Å². The monoisotopic (exact) mass is 383 g/mol. The van der Waals surface area contributed by atoms with Gasteiger partial charge in [0.05, 0.1) is 6.61 Å². The summed E-state index contributed by atoms with van der Waals surface area (Å²) >= 11 is 0. The van der Waals surface area contributed by atoms with E-state index in [1.807, 2.05) is 45.9 Å². The van der Waals surface area contributed by atoms with Crippen molar-refractivity contribution in [3.05, 3.63) is 70.3 Å². The molecule has 2 aromatic rings. The molecule has 1 aliphatic rings. The Kier molecular flexibility index (Phi) is 9.43. The average molecular weight is 384 g/mol. The van der Waals surface area contributed by atoms with Crippen molar-refractivity contribution in [2.24, 2.45) is 0 Å². The predicted molar refractivity (Wildman–Crippen MR) is 115 cm³/mol. The first-order chi connectivity index (χ1) is 13.4. The maximum atomic E-state index is 12.6. The van der Waals surface area contributed by atoms with Crippen LogP contribution in [0.2, 0.25) is 0 Å². The summed E-state index contributed by atoms with van der Waals surface area (Å²) in [5.41, 5.74) is 5.52. The number of hydrogen-bond acceptors (Lipinski definition) is 3. The van der Waals surface area contributed by atoms with E-state index in [2.05, 4.69) is 41.2 Å². The van der Waals surface area contributed by atoms with Gasteiger partial charge in [-0.3, -0.25) is 9.59 Å². The Morgan fingerprint density at radius 2 is 1.64 bits per heavy atom. The van der Waals surface area contributed by atoms with Gasteiger partial charge in [-0.05, 0) is 68.9 Å². The van der Waals surface area contributed by atoms with Crippen molar-refractivity contribution in [2.75, 3.05) is 6.61 Å². The topological polar surface area (TPSA) is 55.4 Å². The molecule has 4 heteroatoms. The Morgan fingerprint density at radius 1 is 1.07 bits per heavy atom. The van der Waals surface area contributed by atoms with Gasteiger partial charge in [0, 0.05) is 11.1 Å². The second kappa shape index (κ2) is 11.3.